The molecule has 0 spiro atoms. The maximum absolute atomic E-state index is 12.8. The molecule has 0 unspecified atom stereocenters. The summed E-state index contributed by atoms with van der Waals surface area (Å²) in [5.74, 6) is -6.10. The van der Waals surface area contributed by atoms with E-state index in [1.807, 2.05) is 0 Å². The third-order valence-corrected chi connectivity index (χ3v) is 4.22. The fraction of sp³-hybridized carbons (Fsp3) is 0.476. The highest BCUT2D eigenvalue weighted by molar-refractivity contribution is 5.93. The van der Waals surface area contributed by atoms with Crippen LogP contribution < -0.4 is 10.6 Å². The van der Waals surface area contributed by atoms with Crippen molar-refractivity contribution in [1.82, 2.24) is 10.6 Å². The van der Waals surface area contributed by atoms with Crippen molar-refractivity contribution < 1.29 is 38.6 Å². The van der Waals surface area contributed by atoms with Crippen LogP contribution in [0.15, 0.2) is 30.3 Å². The first kappa shape index (κ1) is 25.6. The van der Waals surface area contributed by atoms with Crippen LogP contribution in [0.4, 0.5) is 0 Å². The number of carbonyl (C=O) groups is 5. The average molecular weight is 436 g/mol. The van der Waals surface area contributed by atoms with E-state index in [0.717, 1.165) is 5.56 Å². The van der Waals surface area contributed by atoms with Crippen molar-refractivity contribution in [3.63, 3.8) is 0 Å². The smallest absolute Gasteiger partial charge is 0.327 e. The van der Waals surface area contributed by atoms with Crippen LogP contribution in [0, 0.1) is 5.92 Å². The molecule has 3 atom stereocenters. The molecule has 1 aromatic carbocycles. The van der Waals surface area contributed by atoms with E-state index in [4.69, 9.17) is 9.47 Å². The number of hydrogen-bond donors (Lipinski definition) is 3. The summed E-state index contributed by atoms with van der Waals surface area (Å²) in [4.78, 5) is 60.5. The predicted octanol–water partition coefficient (Wildman–Crippen LogP) is 0.436. The summed E-state index contributed by atoms with van der Waals surface area (Å²) in [6, 6.07) is 5.95. The second-order valence-corrected chi connectivity index (χ2v) is 6.64. The summed E-state index contributed by atoms with van der Waals surface area (Å²) in [5, 5.41) is 14.4. The second kappa shape index (κ2) is 13.0. The highest BCUT2D eigenvalue weighted by atomic mass is 16.5. The number of amides is 2. The van der Waals surface area contributed by atoms with Crippen LogP contribution in [0.25, 0.3) is 0 Å². The molecule has 2 amide bonds. The summed E-state index contributed by atoms with van der Waals surface area (Å²) in [5.41, 5.74) is 0.733. The van der Waals surface area contributed by atoms with E-state index >= 15 is 0 Å². The number of carboxylic acid groups (broad SMARTS) is 1. The van der Waals surface area contributed by atoms with Gasteiger partial charge in [-0.1, -0.05) is 30.3 Å². The summed E-state index contributed by atoms with van der Waals surface area (Å²) in [7, 11) is 0. The van der Waals surface area contributed by atoms with Gasteiger partial charge in [-0.2, -0.15) is 0 Å². The number of benzene rings is 1. The van der Waals surface area contributed by atoms with Gasteiger partial charge in [0.05, 0.1) is 25.6 Å². The van der Waals surface area contributed by atoms with Crippen molar-refractivity contribution in [1.29, 1.82) is 0 Å². The zero-order valence-corrected chi connectivity index (χ0v) is 17.8. The van der Waals surface area contributed by atoms with Crippen LogP contribution in [0.1, 0.15) is 32.8 Å². The minimum atomic E-state index is -1.76. The number of carboxylic acids is 1. The zero-order chi connectivity index (χ0) is 23.4. The lowest BCUT2D eigenvalue weighted by molar-refractivity contribution is -0.160. The van der Waals surface area contributed by atoms with Crippen LogP contribution in [-0.2, 0) is 39.9 Å². The first-order chi connectivity index (χ1) is 14.7. The molecule has 0 heterocycles. The minimum Gasteiger partial charge on any atom is -0.480 e. The lowest BCUT2D eigenvalue weighted by Gasteiger charge is -2.25. The van der Waals surface area contributed by atoms with Gasteiger partial charge in [0.25, 0.3) is 0 Å². The number of esters is 2. The van der Waals surface area contributed by atoms with Crippen molar-refractivity contribution in [2.24, 2.45) is 5.92 Å². The number of aliphatic carboxylic acids is 1. The highest BCUT2D eigenvalue weighted by Crippen LogP contribution is 2.15. The third kappa shape index (κ3) is 8.85. The number of nitrogens with one attached hydrogen (secondary N) is 2. The molecule has 1 aromatic rings. The molecular formula is C21H28N2O8. The van der Waals surface area contributed by atoms with Gasteiger partial charge in [0.15, 0.2) is 0 Å². The molecule has 0 radical (unpaired) electrons. The van der Waals surface area contributed by atoms with Crippen LogP contribution in [0.3, 0.4) is 0 Å². The molecule has 10 heteroatoms. The maximum Gasteiger partial charge on any atom is 0.327 e. The molecule has 3 N–H and O–H groups in total. The number of hydrogen-bond acceptors (Lipinski definition) is 7. The standard InChI is InChI=1S/C21H28N2O8/c1-4-30-17(25)12-15(21(29)31-5-2)18(20(27)28)23-19(26)16(22-13(3)24)11-14-9-7-6-8-10-14/h6-10,15-16,18H,4-5,11-12H2,1-3H3,(H,22,24)(H,23,26)(H,27,28)/t15-,16-,18+/m0/s1. The molecule has 0 aromatic heterocycles. The Balaban J connectivity index is 3.11. The van der Waals surface area contributed by atoms with Gasteiger partial charge in [-0.3, -0.25) is 19.2 Å². The molecule has 1 rings (SSSR count). The van der Waals surface area contributed by atoms with Crippen molar-refractivity contribution in [3.8, 4) is 0 Å². The van der Waals surface area contributed by atoms with Gasteiger partial charge in [-0.15, -0.1) is 0 Å². The Morgan fingerprint density at radius 3 is 2.10 bits per heavy atom. The molecule has 0 aliphatic rings. The minimum absolute atomic E-state index is 0.0407. The second-order valence-electron chi connectivity index (χ2n) is 6.64. The highest BCUT2D eigenvalue weighted by Gasteiger charge is 2.39. The lowest BCUT2D eigenvalue weighted by atomic mass is 9.95. The number of carbonyl (C=O) groups excluding carboxylic acids is 4. The summed E-state index contributed by atoms with van der Waals surface area (Å²) < 4.78 is 9.69. The quantitative estimate of drug-likeness (QED) is 0.400. The van der Waals surface area contributed by atoms with E-state index in [1.54, 1.807) is 37.3 Å². The van der Waals surface area contributed by atoms with Crippen molar-refractivity contribution in [2.75, 3.05) is 13.2 Å². The first-order valence-electron chi connectivity index (χ1n) is 9.86. The van der Waals surface area contributed by atoms with Crippen LogP contribution in [0.2, 0.25) is 0 Å². The lowest BCUT2D eigenvalue weighted by Crippen LogP contribution is -2.55. The largest absolute Gasteiger partial charge is 0.480 e. The van der Waals surface area contributed by atoms with Gasteiger partial charge in [0.1, 0.15) is 12.1 Å². The van der Waals surface area contributed by atoms with Gasteiger partial charge in [-0.05, 0) is 19.4 Å². The fourth-order valence-electron chi connectivity index (χ4n) is 2.88. The Hall–Kier alpha value is -3.43. The van der Waals surface area contributed by atoms with Crippen LogP contribution >= 0.6 is 0 Å². The Kier molecular flexibility index (Phi) is 10.7. The fourth-order valence-corrected chi connectivity index (χ4v) is 2.88. The molecule has 0 aliphatic heterocycles. The average Bonchev–Trinajstić information content (AvgIpc) is 2.70. The Bertz CT molecular complexity index is 781. The molecule has 0 bridgehead atoms. The van der Waals surface area contributed by atoms with Crippen molar-refractivity contribution >= 4 is 29.7 Å². The van der Waals surface area contributed by atoms with E-state index < -0.39 is 54.1 Å². The molecular weight excluding hydrogens is 408 g/mol. The Labute approximate surface area is 180 Å². The molecule has 0 saturated carbocycles. The van der Waals surface area contributed by atoms with Gasteiger partial charge < -0.3 is 25.2 Å². The molecule has 170 valence electrons. The third-order valence-electron chi connectivity index (χ3n) is 4.22. The molecule has 31 heavy (non-hydrogen) atoms. The molecule has 0 aliphatic carbocycles. The summed E-state index contributed by atoms with van der Waals surface area (Å²) in [6.07, 6.45) is -0.492. The Morgan fingerprint density at radius 1 is 0.968 bits per heavy atom. The predicted molar refractivity (Wildman–Crippen MR) is 109 cm³/mol. The zero-order valence-electron chi connectivity index (χ0n) is 17.8. The molecule has 0 fully saturated rings. The number of ether oxygens (including phenoxy) is 2. The van der Waals surface area contributed by atoms with Gasteiger partial charge in [0.2, 0.25) is 11.8 Å². The van der Waals surface area contributed by atoms with Crippen molar-refractivity contribution in [3.05, 3.63) is 35.9 Å². The summed E-state index contributed by atoms with van der Waals surface area (Å²) in [6.45, 7) is 4.32. The van der Waals surface area contributed by atoms with E-state index in [1.165, 1.54) is 13.8 Å². The topological polar surface area (TPSA) is 148 Å². The monoisotopic (exact) mass is 436 g/mol. The van der Waals surface area contributed by atoms with Crippen LogP contribution in [-0.4, -0.2) is 60.1 Å². The normalized spacial score (nSPS) is 13.3. The maximum atomic E-state index is 12.8. The van der Waals surface area contributed by atoms with Gasteiger partial charge in [0, 0.05) is 13.3 Å². The van der Waals surface area contributed by atoms with Crippen LogP contribution in [0.5, 0.6) is 0 Å². The Morgan fingerprint density at radius 2 is 1.58 bits per heavy atom. The van der Waals surface area contributed by atoms with E-state index in [2.05, 4.69) is 10.6 Å². The molecule has 10 nitrogen and oxygen atoms in total. The number of rotatable bonds is 12. The molecule has 0 saturated heterocycles. The first-order valence-corrected chi connectivity index (χ1v) is 9.86. The SMILES string of the molecule is CCOC(=O)C[C@H](C(=O)OCC)[C@@H](NC(=O)[C@H](Cc1ccccc1)NC(C)=O)C(=O)O. The van der Waals surface area contributed by atoms with Gasteiger partial charge >= 0.3 is 17.9 Å². The van der Waals surface area contributed by atoms with Crippen molar-refractivity contribution in [2.45, 2.75) is 45.7 Å². The van der Waals surface area contributed by atoms with E-state index in [0.29, 0.717) is 0 Å². The van der Waals surface area contributed by atoms with E-state index in [9.17, 15) is 29.1 Å². The summed E-state index contributed by atoms with van der Waals surface area (Å²) >= 11 is 0. The van der Waals surface area contributed by atoms with Gasteiger partial charge in [-0.25, -0.2) is 4.79 Å². The van der Waals surface area contributed by atoms with E-state index in [-0.39, 0.29) is 19.6 Å².